The zero-order valence-corrected chi connectivity index (χ0v) is 46.4. The summed E-state index contributed by atoms with van der Waals surface area (Å²) < 4.78 is 3.53. The van der Waals surface area contributed by atoms with E-state index in [1.54, 1.807) is 88.8 Å². The second-order valence-electron chi connectivity index (χ2n) is 18.9. The summed E-state index contributed by atoms with van der Waals surface area (Å²) in [6.07, 6.45) is 2.88. The minimum absolute atomic E-state index is 0.0374. The van der Waals surface area contributed by atoms with Crippen LogP contribution in [0.3, 0.4) is 0 Å². The van der Waals surface area contributed by atoms with Crippen LogP contribution in [-0.4, -0.2) is 50.8 Å². The van der Waals surface area contributed by atoms with Gasteiger partial charge in [-0.1, -0.05) is 36.4 Å². The number of rotatable bonds is 6. The van der Waals surface area contributed by atoms with Gasteiger partial charge < -0.3 is 31.9 Å². The van der Waals surface area contributed by atoms with E-state index in [4.69, 9.17) is 15.0 Å². The Morgan fingerprint density at radius 3 is 0.944 bits per heavy atom. The topological polar surface area (TPSA) is 162 Å². The van der Waals surface area contributed by atoms with Crippen LogP contribution in [0.25, 0.3) is 62.4 Å². The van der Waals surface area contributed by atoms with E-state index in [0.717, 1.165) is 82.5 Å². The molecule has 6 N–H and O–H groups in total. The van der Waals surface area contributed by atoms with Crippen molar-refractivity contribution in [1.82, 2.24) is 30.9 Å². The number of anilines is 3. The Morgan fingerprint density at radius 1 is 0.431 bits per heavy atom. The van der Waals surface area contributed by atoms with E-state index in [1.807, 2.05) is 54.6 Å². The molecule has 0 saturated carbocycles. The molecule has 2 unspecified atom stereocenters. The van der Waals surface area contributed by atoms with Crippen LogP contribution in [0.15, 0.2) is 72.8 Å². The number of nitrogens with zero attached hydrogens (tertiary/aromatic N) is 3. The van der Waals surface area contributed by atoms with Gasteiger partial charge in [-0.25, -0.2) is 15.0 Å². The number of hydrogen-bond donors (Lipinski definition) is 6. The first-order chi connectivity index (χ1) is 34.6. The van der Waals surface area contributed by atoms with Gasteiger partial charge in [-0.15, -0.1) is 68.0 Å². The van der Waals surface area contributed by atoms with Crippen LogP contribution in [-0.2, 0) is 33.6 Å². The van der Waals surface area contributed by atoms with Crippen LogP contribution >= 0.6 is 68.0 Å². The molecule has 3 amide bonds. The predicted octanol–water partition coefficient (Wildman–Crippen LogP) is 13.7. The number of hydrogen-bond acceptors (Lipinski definition) is 15. The minimum Gasteiger partial charge on any atom is -0.317 e. The molecule has 12 nitrogen and oxygen atoms in total. The molecule has 0 radical (unpaired) electrons. The summed E-state index contributed by atoms with van der Waals surface area (Å²) in [5.74, 6) is -0.112. The van der Waals surface area contributed by atoms with Crippen LogP contribution in [0, 0.1) is 0 Å². The average Bonchev–Trinajstić information content (AvgIpc) is 4.18. The molecule has 0 spiro atoms. The van der Waals surface area contributed by atoms with Crippen molar-refractivity contribution < 1.29 is 14.4 Å². The first-order valence-electron chi connectivity index (χ1n) is 24.2. The fourth-order valence-corrected chi connectivity index (χ4v) is 17.3. The number of aromatic nitrogens is 3. The Bertz CT molecular complexity index is 3050. The molecule has 9 aromatic rings. The second kappa shape index (κ2) is 20.9. The zero-order valence-electron chi connectivity index (χ0n) is 41.5. The summed E-state index contributed by atoms with van der Waals surface area (Å²) in [5, 5.41) is 25.6. The molecule has 0 fully saturated rings. The SMILES string of the molecule is CC(=O)Nc1sc2c(c1-c1nc3ccccc3s1)CC(C)NC2C.CC(=O)Nc1sc2c(c1-c1nc3ccccc3s1)C[C@@H](C)N[C@H]2C.CC(=O)Nc1sc2c(c1-c1nc3ccccc3s1)C[C@H](C)N[C@@H]2C. The molecule has 3 aliphatic heterocycles. The summed E-state index contributed by atoms with van der Waals surface area (Å²) in [7, 11) is 0. The quantitative estimate of drug-likeness (QED) is 0.0952. The molecule has 18 heteroatoms. The van der Waals surface area contributed by atoms with Crippen LogP contribution in [0.4, 0.5) is 15.0 Å². The molecule has 3 aromatic carbocycles. The molecule has 372 valence electrons. The Morgan fingerprint density at radius 2 is 0.694 bits per heavy atom. The fraction of sp³-hybridized carbons (Fsp3) is 0.333. The number of fused-ring (bicyclic) bond motifs is 6. The molecule has 0 saturated heterocycles. The van der Waals surface area contributed by atoms with E-state index in [1.165, 1.54) is 45.4 Å². The van der Waals surface area contributed by atoms with Gasteiger partial charge in [0.15, 0.2) is 0 Å². The summed E-state index contributed by atoms with van der Waals surface area (Å²) in [6.45, 7) is 17.9. The van der Waals surface area contributed by atoms with Gasteiger partial charge in [0.25, 0.3) is 0 Å². The number of thiazole rings is 3. The van der Waals surface area contributed by atoms with E-state index >= 15 is 0 Å². The monoisotopic (exact) mass is 1070 g/mol. The van der Waals surface area contributed by atoms with Crippen molar-refractivity contribution in [3.8, 4) is 31.7 Å². The molecule has 3 aliphatic rings. The van der Waals surface area contributed by atoms with Crippen LogP contribution < -0.4 is 31.9 Å². The molecule has 0 aliphatic carbocycles. The molecule has 12 rings (SSSR count). The van der Waals surface area contributed by atoms with E-state index < -0.39 is 0 Å². The number of nitrogens with one attached hydrogen (secondary N) is 6. The van der Waals surface area contributed by atoms with E-state index in [2.05, 4.69) is 91.6 Å². The van der Waals surface area contributed by atoms with Crippen molar-refractivity contribution in [3.63, 3.8) is 0 Å². The van der Waals surface area contributed by atoms with Crippen molar-refractivity contribution in [3.05, 3.63) is 104 Å². The van der Waals surface area contributed by atoms with Gasteiger partial charge in [-0.05, 0) is 114 Å². The summed E-state index contributed by atoms with van der Waals surface area (Å²) in [5.41, 5.74) is 10.4. The van der Waals surface area contributed by atoms with Crippen molar-refractivity contribution in [1.29, 1.82) is 0 Å². The van der Waals surface area contributed by atoms with Gasteiger partial charge >= 0.3 is 0 Å². The third-order valence-corrected chi connectivity index (χ3v) is 20.0. The van der Waals surface area contributed by atoms with E-state index in [-0.39, 0.29) is 17.7 Å². The highest BCUT2D eigenvalue weighted by Crippen LogP contribution is 2.50. The maximum absolute atomic E-state index is 11.7. The van der Waals surface area contributed by atoms with Crippen molar-refractivity contribution >= 4 is 131 Å². The first-order valence-corrected chi connectivity index (χ1v) is 29.1. The summed E-state index contributed by atoms with van der Waals surface area (Å²) in [6, 6.07) is 26.7. The van der Waals surface area contributed by atoms with Crippen molar-refractivity contribution in [2.45, 2.75) is 118 Å². The van der Waals surface area contributed by atoms with Gasteiger partial charge in [0.1, 0.15) is 30.0 Å². The minimum atomic E-state index is -0.0374. The number of carbonyl (C=O) groups excluding carboxylic acids is 3. The molecule has 9 heterocycles. The second-order valence-corrected chi connectivity index (χ2v) is 25.2. The predicted molar refractivity (Wildman–Crippen MR) is 306 cm³/mol. The first kappa shape index (κ1) is 50.3. The van der Waals surface area contributed by atoms with Gasteiger partial charge in [0, 0.05) is 88.3 Å². The number of benzene rings is 3. The lowest BCUT2D eigenvalue weighted by molar-refractivity contribution is -0.115. The van der Waals surface area contributed by atoms with Crippen LogP contribution in [0.5, 0.6) is 0 Å². The highest BCUT2D eigenvalue weighted by molar-refractivity contribution is 7.24. The average molecular weight is 1070 g/mol. The summed E-state index contributed by atoms with van der Waals surface area (Å²) in [4.78, 5) is 53.5. The molecule has 0 bridgehead atoms. The third kappa shape index (κ3) is 10.3. The smallest absolute Gasteiger partial charge is 0.221 e. The number of thiophene rings is 3. The largest absolute Gasteiger partial charge is 0.317 e. The summed E-state index contributed by atoms with van der Waals surface area (Å²) >= 11 is 10.1. The Kier molecular flexibility index (Phi) is 14.6. The number of para-hydroxylation sites is 3. The third-order valence-electron chi connectivity index (χ3n) is 12.8. The van der Waals surface area contributed by atoms with Gasteiger partial charge in [-0.3, -0.25) is 14.4 Å². The normalized spacial score (nSPS) is 20.1. The van der Waals surface area contributed by atoms with Gasteiger partial charge in [0.05, 0.1) is 30.6 Å². The number of amides is 3. The fourth-order valence-electron chi connectivity index (χ4n) is 10.1. The van der Waals surface area contributed by atoms with Crippen molar-refractivity contribution in [2.75, 3.05) is 16.0 Å². The highest BCUT2D eigenvalue weighted by Gasteiger charge is 2.33. The lowest BCUT2D eigenvalue weighted by Crippen LogP contribution is -2.35. The molecule has 6 atom stereocenters. The number of carbonyl (C=O) groups is 3. The Labute approximate surface area is 443 Å². The standard InChI is InChI=1S/3C18H19N3OS2/c3*1-9-8-12-15(18-21-13-6-4-5-7-14(13)23-18)17(20-11(3)22)24-16(12)10(2)19-9/h3*4-7,9-10,19H,8H2,1-3H3,(H,20,22)/t2*9-,10+;/m10./s1. The van der Waals surface area contributed by atoms with Gasteiger partial charge in [-0.2, -0.15) is 0 Å². The Balaban J connectivity index is 0.000000124. The van der Waals surface area contributed by atoms with Crippen LogP contribution in [0.1, 0.15) is 112 Å². The van der Waals surface area contributed by atoms with E-state index in [0.29, 0.717) is 36.3 Å². The zero-order chi connectivity index (χ0) is 50.5. The molecular formula is C54H57N9O3S6. The maximum Gasteiger partial charge on any atom is 0.221 e. The van der Waals surface area contributed by atoms with E-state index in [9.17, 15) is 14.4 Å². The molecule has 72 heavy (non-hydrogen) atoms. The molecule has 6 aromatic heterocycles. The maximum atomic E-state index is 11.7. The lowest BCUT2D eigenvalue weighted by Gasteiger charge is -2.26. The highest BCUT2D eigenvalue weighted by atomic mass is 32.1. The van der Waals surface area contributed by atoms with Crippen molar-refractivity contribution in [2.24, 2.45) is 0 Å². The van der Waals surface area contributed by atoms with Crippen LogP contribution in [0.2, 0.25) is 0 Å². The van der Waals surface area contributed by atoms with Gasteiger partial charge in [0.2, 0.25) is 17.7 Å². The Hall–Kier alpha value is -5.28. The lowest BCUT2D eigenvalue weighted by atomic mass is 9.95. The molecular weight excluding hydrogens is 1020 g/mol.